The van der Waals surface area contributed by atoms with Crippen LogP contribution in [0.2, 0.25) is 0 Å². The van der Waals surface area contributed by atoms with E-state index in [-0.39, 0.29) is 6.04 Å². The molecule has 98 valence electrons. The number of fused-ring (bicyclic) bond motifs is 1. The highest BCUT2D eigenvalue weighted by Gasteiger charge is 2.26. The Labute approximate surface area is 117 Å². The van der Waals surface area contributed by atoms with E-state index in [0.29, 0.717) is 0 Å². The van der Waals surface area contributed by atoms with Crippen LogP contribution in [0.25, 0.3) is 5.69 Å². The molecule has 1 aromatic heterocycles. The Kier molecular flexibility index (Phi) is 2.60. The first-order chi connectivity index (χ1) is 9.93. The molecule has 1 unspecified atom stereocenters. The number of nitrogens with one attached hydrogen (secondary N) is 1. The molecule has 2 aromatic carbocycles. The van der Waals surface area contributed by atoms with Crippen molar-refractivity contribution in [3.63, 3.8) is 0 Å². The van der Waals surface area contributed by atoms with Crippen molar-refractivity contribution in [1.82, 2.24) is 20.3 Å². The van der Waals surface area contributed by atoms with Gasteiger partial charge in [-0.1, -0.05) is 47.7 Å². The zero-order chi connectivity index (χ0) is 13.4. The molecule has 4 rings (SSSR count). The monoisotopic (exact) mass is 262 g/mol. The van der Waals surface area contributed by atoms with E-state index in [1.165, 1.54) is 11.1 Å². The molecule has 1 atom stereocenters. The van der Waals surface area contributed by atoms with Crippen LogP contribution in [-0.2, 0) is 6.54 Å². The Morgan fingerprint density at radius 1 is 1.00 bits per heavy atom. The predicted octanol–water partition coefficient (Wildman–Crippen LogP) is 2.46. The standard InChI is InChI=1S/C16H14N4/c1-2-7-13(8-3-1)20-15(11-18-19-20)16-14-9-5-4-6-12(14)10-17-16/h1-9,11,16-17H,10H2. The van der Waals surface area contributed by atoms with E-state index >= 15 is 0 Å². The van der Waals surface area contributed by atoms with Crippen molar-refractivity contribution in [2.45, 2.75) is 12.6 Å². The first-order valence-corrected chi connectivity index (χ1v) is 6.71. The maximum Gasteiger partial charge on any atom is 0.0860 e. The molecule has 1 N–H and O–H groups in total. The summed E-state index contributed by atoms with van der Waals surface area (Å²) in [6.07, 6.45) is 1.84. The van der Waals surface area contributed by atoms with E-state index in [1.807, 2.05) is 41.2 Å². The molecule has 4 heteroatoms. The quantitative estimate of drug-likeness (QED) is 0.771. The van der Waals surface area contributed by atoms with Crippen LogP contribution < -0.4 is 5.32 Å². The maximum absolute atomic E-state index is 4.23. The third-order valence-electron chi connectivity index (χ3n) is 3.73. The number of para-hydroxylation sites is 1. The lowest BCUT2D eigenvalue weighted by atomic mass is 10.0. The fraction of sp³-hybridized carbons (Fsp3) is 0.125. The third kappa shape index (κ3) is 1.73. The van der Waals surface area contributed by atoms with E-state index in [2.05, 4.69) is 39.9 Å². The zero-order valence-electron chi connectivity index (χ0n) is 10.9. The summed E-state index contributed by atoms with van der Waals surface area (Å²) in [6.45, 7) is 0.890. The van der Waals surface area contributed by atoms with Crippen molar-refractivity contribution in [3.05, 3.63) is 77.6 Å². The van der Waals surface area contributed by atoms with Crippen molar-refractivity contribution in [1.29, 1.82) is 0 Å². The third-order valence-corrected chi connectivity index (χ3v) is 3.73. The summed E-state index contributed by atoms with van der Waals surface area (Å²) in [5.41, 5.74) is 4.76. The van der Waals surface area contributed by atoms with Crippen LogP contribution >= 0.6 is 0 Å². The van der Waals surface area contributed by atoms with Crippen molar-refractivity contribution in [3.8, 4) is 5.69 Å². The summed E-state index contributed by atoms with van der Waals surface area (Å²) in [5, 5.41) is 11.9. The Morgan fingerprint density at radius 3 is 2.70 bits per heavy atom. The first-order valence-electron chi connectivity index (χ1n) is 6.71. The summed E-state index contributed by atoms with van der Waals surface area (Å²) in [7, 11) is 0. The molecule has 1 aliphatic heterocycles. The molecule has 0 bridgehead atoms. The Morgan fingerprint density at radius 2 is 1.80 bits per heavy atom. The predicted molar refractivity (Wildman–Crippen MR) is 76.5 cm³/mol. The van der Waals surface area contributed by atoms with Gasteiger partial charge in [0, 0.05) is 6.54 Å². The number of nitrogens with zero attached hydrogens (tertiary/aromatic N) is 3. The molecule has 0 saturated carbocycles. The Balaban J connectivity index is 1.81. The van der Waals surface area contributed by atoms with Gasteiger partial charge in [0.1, 0.15) is 0 Å². The smallest absolute Gasteiger partial charge is 0.0860 e. The van der Waals surface area contributed by atoms with E-state index in [0.717, 1.165) is 17.9 Å². The van der Waals surface area contributed by atoms with Crippen molar-refractivity contribution < 1.29 is 0 Å². The fourth-order valence-electron chi connectivity index (χ4n) is 2.77. The van der Waals surface area contributed by atoms with E-state index in [9.17, 15) is 0 Å². The van der Waals surface area contributed by atoms with Gasteiger partial charge in [-0.05, 0) is 23.3 Å². The number of aromatic nitrogens is 3. The molecular formula is C16H14N4. The van der Waals surface area contributed by atoms with Gasteiger partial charge in [-0.2, -0.15) is 0 Å². The molecule has 0 aliphatic carbocycles. The number of hydrogen-bond donors (Lipinski definition) is 1. The summed E-state index contributed by atoms with van der Waals surface area (Å²) in [4.78, 5) is 0. The number of hydrogen-bond acceptors (Lipinski definition) is 3. The molecule has 0 fully saturated rings. The normalized spacial score (nSPS) is 17.1. The molecule has 0 radical (unpaired) electrons. The van der Waals surface area contributed by atoms with Gasteiger partial charge in [0.15, 0.2) is 0 Å². The SMILES string of the molecule is c1ccc(-n2nncc2C2NCc3ccccc32)cc1. The van der Waals surface area contributed by atoms with Gasteiger partial charge in [0.05, 0.1) is 23.6 Å². The van der Waals surface area contributed by atoms with Crippen LogP contribution in [0.3, 0.4) is 0 Å². The van der Waals surface area contributed by atoms with Crippen LogP contribution in [0.4, 0.5) is 0 Å². The average Bonchev–Trinajstić information content (AvgIpc) is 3.14. The Bertz CT molecular complexity index is 733. The van der Waals surface area contributed by atoms with Crippen LogP contribution in [0.5, 0.6) is 0 Å². The fourth-order valence-corrected chi connectivity index (χ4v) is 2.77. The molecule has 0 saturated heterocycles. The van der Waals surface area contributed by atoms with Crippen LogP contribution in [0.1, 0.15) is 22.9 Å². The molecular weight excluding hydrogens is 248 g/mol. The lowest BCUT2D eigenvalue weighted by molar-refractivity contribution is 0.621. The first kappa shape index (κ1) is 11.4. The lowest BCUT2D eigenvalue weighted by Gasteiger charge is -2.13. The van der Waals surface area contributed by atoms with Crippen molar-refractivity contribution in [2.24, 2.45) is 0 Å². The van der Waals surface area contributed by atoms with Crippen molar-refractivity contribution >= 4 is 0 Å². The zero-order valence-corrected chi connectivity index (χ0v) is 10.9. The van der Waals surface area contributed by atoms with Gasteiger partial charge in [0.2, 0.25) is 0 Å². The second kappa shape index (κ2) is 4.58. The topological polar surface area (TPSA) is 42.7 Å². The van der Waals surface area contributed by atoms with E-state index in [4.69, 9.17) is 0 Å². The summed E-state index contributed by atoms with van der Waals surface area (Å²) >= 11 is 0. The van der Waals surface area contributed by atoms with Gasteiger partial charge >= 0.3 is 0 Å². The Hall–Kier alpha value is -2.46. The van der Waals surface area contributed by atoms with Crippen LogP contribution in [-0.4, -0.2) is 15.0 Å². The van der Waals surface area contributed by atoms with Gasteiger partial charge < -0.3 is 5.32 Å². The van der Waals surface area contributed by atoms with Crippen LogP contribution in [0.15, 0.2) is 60.8 Å². The van der Waals surface area contributed by atoms with Gasteiger partial charge in [0.25, 0.3) is 0 Å². The molecule has 0 spiro atoms. The molecule has 4 nitrogen and oxygen atoms in total. The highest BCUT2D eigenvalue weighted by molar-refractivity contribution is 5.41. The second-order valence-electron chi connectivity index (χ2n) is 4.92. The summed E-state index contributed by atoms with van der Waals surface area (Å²) in [5.74, 6) is 0. The summed E-state index contributed by atoms with van der Waals surface area (Å²) < 4.78 is 1.90. The van der Waals surface area contributed by atoms with Gasteiger partial charge in [-0.25, -0.2) is 4.68 Å². The molecule has 3 aromatic rings. The molecule has 20 heavy (non-hydrogen) atoms. The van der Waals surface area contributed by atoms with Crippen molar-refractivity contribution in [2.75, 3.05) is 0 Å². The maximum atomic E-state index is 4.23. The minimum atomic E-state index is 0.154. The average molecular weight is 262 g/mol. The van der Waals surface area contributed by atoms with E-state index < -0.39 is 0 Å². The highest BCUT2D eigenvalue weighted by atomic mass is 15.4. The molecule has 0 amide bonds. The number of rotatable bonds is 2. The number of benzene rings is 2. The van der Waals surface area contributed by atoms with Gasteiger partial charge in [-0.15, -0.1) is 5.10 Å². The minimum Gasteiger partial charge on any atom is -0.301 e. The van der Waals surface area contributed by atoms with Crippen LogP contribution in [0, 0.1) is 0 Å². The summed E-state index contributed by atoms with van der Waals surface area (Å²) in [6, 6.07) is 18.8. The molecule has 2 heterocycles. The molecule has 1 aliphatic rings. The van der Waals surface area contributed by atoms with Gasteiger partial charge in [-0.3, -0.25) is 0 Å². The lowest BCUT2D eigenvalue weighted by Crippen LogP contribution is -2.17. The minimum absolute atomic E-state index is 0.154. The second-order valence-corrected chi connectivity index (χ2v) is 4.92. The largest absolute Gasteiger partial charge is 0.301 e. The van der Waals surface area contributed by atoms with E-state index in [1.54, 1.807) is 0 Å². The highest BCUT2D eigenvalue weighted by Crippen LogP contribution is 2.30.